The van der Waals surface area contributed by atoms with Gasteiger partial charge in [0.2, 0.25) is 0 Å². The van der Waals surface area contributed by atoms with Gasteiger partial charge in [-0.05, 0) is 52.5 Å². The van der Waals surface area contributed by atoms with Crippen molar-refractivity contribution < 1.29 is 27.8 Å². The minimum absolute atomic E-state index is 0.00948. The number of anilines is 1. The van der Waals surface area contributed by atoms with Crippen molar-refractivity contribution in [3.05, 3.63) is 47.7 Å². The molecule has 1 aromatic heterocycles. The van der Waals surface area contributed by atoms with E-state index in [1.807, 2.05) is 57.2 Å². The molecule has 2 aromatic rings. The average molecular weight is 491 g/mol. The Bertz CT molecular complexity index is 1080. The molecule has 2 aliphatic carbocycles. The van der Waals surface area contributed by atoms with E-state index in [2.05, 4.69) is 10.6 Å². The maximum Gasteiger partial charge on any atom is 0.413 e. The van der Waals surface area contributed by atoms with Crippen LogP contribution >= 0.6 is 0 Å². The Kier molecular flexibility index (Phi) is 6.50. The number of ether oxygens (including phenoxy) is 2. The number of halogens is 2. The zero-order valence-corrected chi connectivity index (χ0v) is 20.4. The minimum atomic E-state index is -2.89. The molecule has 0 spiro atoms. The minimum Gasteiger partial charge on any atom is -0.446 e. The molecule has 35 heavy (non-hydrogen) atoms. The summed E-state index contributed by atoms with van der Waals surface area (Å²) in [4.78, 5) is 24.6. The van der Waals surface area contributed by atoms with Crippen LogP contribution in [0.3, 0.4) is 0 Å². The molecule has 2 aliphatic rings. The maximum atomic E-state index is 13.4. The van der Waals surface area contributed by atoms with Gasteiger partial charge in [0, 0.05) is 18.4 Å². The highest BCUT2D eigenvalue weighted by Crippen LogP contribution is 2.52. The first-order valence-electron chi connectivity index (χ1n) is 11.8. The highest BCUT2D eigenvalue weighted by atomic mass is 19.3. The molecule has 3 atom stereocenters. The van der Waals surface area contributed by atoms with Crippen molar-refractivity contribution in [2.24, 2.45) is 0 Å². The number of nitrogens with zero attached hydrogens (tertiary/aromatic N) is 2. The molecule has 1 heterocycles. The quantitative estimate of drug-likeness (QED) is 0.554. The van der Waals surface area contributed by atoms with Crippen molar-refractivity contribution in [2.75, 3.05) is 5.32 Å². The average Bonchev–Trinajstić information content (AvgIpc) is 3.17. The first kappa shape index (κ1) is 24.9. The molecular formula is C25H32F2N4O4. The maximum absolute atomic E-state index is 13.4. The van der Waals surface area contributed by atoms with Gasteiger partial charge in [0.05, 0.1) is 11.2 Å². The molecule has 1 aromatic carbocycles. The molecule has 8 nitrogen and oxygen atoms in total. The standard InChI is InChI=1S/C25H32F2N4O4/c1-23(2,3)31-20(28-21(32)34-14-16-8-6-5-7-9-16)13-19(30-31)17-10-11-18(12-17)35-22(33)29-24(4)15-25(24,26)27/h5-9,13,17-18H,10-12,14-15H2,1-4H3,(H,28,32)(H,29,33)/t17-,18+,24?/m0/s1. The van der Waals surface area contributed by atoms with Crippen LogP contribution in [0, 0.1) is 0 Å². The normalized spacial score (nSPS) is 25.1. The van der Waals surface area contributed by atoms with Crippen LogP contribution in [0.15, 0.2) is 36.4 Å². The number of alkyl carbamates (subject to hydrolysis) is 1. The summed E-state index contributed by atoms with van der Waals surface area (Å²) in [7, 11) is 0. The van der Waals surface area contributed by atoms with Gasteiger partial charge in [0.15, 0.2) is 0 Å². The SMILES string of the molecule is CC(C)(C)n1nc([C@H]2CC[C@@H](OC(=O)NC3(C)CC3(F)F)C2)cc1NC(=O)OCc1ccccc1. The lowest BCUT2D eigenvalue weighted by Gasteiger charge is -2.22. The van der Waals surface area contributed by atoms with E-state index in [9.17, 15) is 18.4 Å². The van der Waals surface area contributed by atoms with Crippen molar-refractivity contribution >= 4 is 18.0 Å². The van der Waals surface area contributed by atoms with Crippen LogP contribution in [0.4, 0.5) is 24.2 Å². The Labute approximate surface area is 203 Å². The van der Waals surface area contributed by atoms with E-state index >= 15 is 0 Å². The van der Waals surface area contributed by atoms with E-state index in [-0.39, 0.29) is 25.0 Å². The first-order valence-corrected chi connectivity index (χ1v) is 11.8. The largest absolute Gasteiger partial charge is 0.446 e. The Morgan fingerprint density at radius 2 is 1.86 bits per heavy atom. The van der Waals surface area contributed by atoms with E-state index in [1.165, 1.54) is 6.92 Å². The smallest absolute Gasteiger partial charge is 0.413 e. The summed E-state index contributed by atoms with van der Waals surface area (Å²) in [6.45, 7) is 7.39. The number of carbonyl (C=O) groups excluding carboxylic acids is 2. The van der Waals surface area contributed by atoms with Crippen LogP contribution < -0.4 is 10.6 Å². The predicted molar refractivity (Wildman–Crippen MR) is 125 cm³/mol. The number of rotatable bonds is 6. The molecule has 0 radical (unpaired) electrons. The molecule has 0 saturated heterocycles. The third kappa shape index (κ3) is 5.74. The lowest BCUT2D eigenvalue weighted by atomic mass is 10.0. The highest BCUT2D eigenvalue weighted by Gasteiger charge is 2.69. The summed E-state index contributed by atoms with van der Waals surface area (Å²) in [5.41, 5.74) is -0.276. The van der Waals surface area contributed by atoms with Crippen LogP contribution in [0.5, 0.6) is 0 Å². The number of carbonyl (C=O) groups is 2. The molecule has 10 heteroatoms. The van der Waals surface area contributed by atoms with E-state index < -0.39 is 29.2 Å². The highest BCUT2D eigenvalue weighted by molar-refractivity contribution is 5.83. The molecular weight excluding hydrogens is 458 g/mol. The lowest BCUT2D eigenvalue weighted by molar-refractivity contribution is 0.0657. The molecule has 0 bridgehead atoms. The van der Waals surface area contributed by atoms with Crippen molar-refractivity contribution in [1.29, 1.82) is 0 Å². The van der Waals surface area contributed by atoms with Crippen LogP contribution in [0.25, 0.3) is 0 Å². The summed E-state index contributed by atoms with van der Waals surface area (Å²) in [6, 6.07) is 11.2. The van der Waals surface area contributed by atoms with Gasteiger partial charge < -0.3 is 14.8 Å². The van der Waals surface area contributed by atoms with E-state index in [4.69, 9.17) is 14.6 Å². The van der Waals surface area contributed by atoms with Crippen LogP contribution in [0.2, 0.25) is 0 Å². The number of aromatic nitrogens is 2. The van der Waals surface area contributed by atoms with Crippen molar-refractivity contribution in [3.8, 4) is 0 Å². The third-order valence-electron chi connectivity index (χ3n) is 6.52. The summed E-state index contributed by atoms with van der Waals surface area (Å²) < 4.78 is 39.3. The Hall–Kier alpha value is -3.17. The van der Waals surface area contributed by atoms with Crippen LogP contribution in [-0.2, 0) is 21.6 Å². The number of hydrogen-bond donors (Lipinski definition) is 2. The zero-order valence-electron chi connectivity index (χ0n) is 20.4. The fourth-order valence-corrected chi connectivity index (χ4v) is 4.32. The molecule has 2 fully saturated rings. The van der Waals surface area contributed by atoms with Crippen LogP contribution in [0.1, 0.15) is 70.6 Å². The second-order valence-electron chi connectivity index (χ2n) is 10.6. The van der Waals surface area contributed by atoms with Gasteiger partial charge >= 0.3 is 12.2 Å². The number of alkyl halides is 2. The topological polar surface area (TPSA) is 94.5 Å². The van der Waals surface area contributed by atoms with Gasteiger partial charge in [-0.2, -0.15) is 5.10 Å². The van der Waals surface area contributed by atoms with Gasteiger partial charge in [-0.3, -0.25) is 5.32 Å². The zero-order chi connectivity index (χ0) is 25.4. The van der Waals surface area contributed by atoms with Crippen molar-refractivity contribution in [1.82, 2.24) is 15.1 Å². The summed E-state index contributed by atoms with van der Waals surface area (Å²) in [5, 5.41) is 9.80. The molecule has 2 saturated carbocycles. The van der Waals surface area contributed by atoms with Gasteiger partial charge in [-0.15, -0.1) is 0 Å². The van der Waals surface area contributed by atoms with Gasteiger partial charge in [-0.1, -0.05) is 30.3 Å². The van der Waals surface area contributed by atoms with Gasteiger partial charge in [0.25, 0.3) is 5.92 Å². The summed E-state index contributed by atoms with van der Waals surface area (Å²) in [5.74, 6) is -2.37. The Morgan fingerprint density at radius 3 is 2.49 bits per heavy atom. The molecule has 2 amide bonds. The molecule has 190 valence electrons. The second kappa shape index (κ2) is 9.13. The second-order valence-corrected chi connectivity index (χ2v) is 10.6. The number of benzene rings is 1. The Morgan fingerprint density at radius 1 is 1.17 bits per heavy atom. The van der Waals surface area contributed by atoms with Crippen LogP contribution in [-0.4, -0.2) is 39.5 Å². The third-order valence-corrected chi connectivity index (χ3v) is 6.52. The van der Waals surface area contributed by atoms with Crippen molar-refractivity contribution in [2.45, 2.75) is 89.0 Å². The molecule has 4 rings (SSSR count). The first-order chi connectivity index (χ1) is 16.4. The lowest BCUT2D eigenvalue weighted by Crippen LogP contribution is -2.40. The summed E-state index contributed by atoms with van der Waals surface area (Å²) in [6.07, 6.45) is -0.308. The van der Waals surface area contributed by atoms with Gasteiger partial charge in [0.1, 0.15) is 24.1 Å². The molecule has 1 unspecified atom stereocenters. The molecule has 2 N–H and O–H groups in total. The fourth-order valence-electron chi connectivity index (χ4n) is 4.32. The van der Waals surface area contributed by atoms with E-state index in [0.29, 0.717) is 18.7 Å². The predicted octanol–water partition coefficient (Wildman–Crippen LogP) is 5.55. The summed E-state index contributed by atoms with van der Waals surface area (Å²) >= 11 is 0. The van der Waals surface area contributed by atoms with E-state index in [1.54, 1.807) is 4.68 Å². The number of amides is 2. The van der Waals surface area contributed by atoms with Gasteiger partial charge in [-0.25, -0.2) is 23.1 Å². The number of nitrogens with one attached hydrogen (secondary N) is 2. The fraction of sp³-hybridized carbons (Fsp3) is 0.560. The molecule has 0 aliphatic heterocycles. The van der Waals surface area contributed by atoms with Crippen molar-refractivity contribution in [3.63, 3.8) is 0 Å². The number of hydrogen-bond acceptors (Lipinski definition) is 5. The monoisotopic (exact) mass is 490 g/mol. The Balaban J connectivity index is 1.36. The van der Waals surface area contributed by atoms with E-state index in [0.717, 1.165) is 17.7 Å².